The first-order chi connectivity index (χ1) is 6.77. The Kier molecular flexibility index (Phi) is 3.08. The van der Waals surface area contributed by atoms with Gasteiger partial charge in [-0.2, -0.15) is 13.2 Å². The van der Waals surface area contributed by atoms with Crippen LogP contribution in [-0.4, -0.2) is 16.8 Å². The van der Waals surface area contributed by atoms with Gasteiger partial charge in [0.2, 0.25) is 10.0 Å². The topological polar surface area (TPSA) is 136 Å². The molecule has 0 aliphatic heterocycles. The van der Waals surface area contributed by atoms with E-state index in [0.29, 0.717) is 11.3 Å². The Hall–Kier alpha value is -1.04. The molecule has 3 N–H and O–H groups in total. The van der Waals surface area contributed by atoms with Crippen LogP contribution in [0.25, 0.3) is 0 Å². The molecule has 0 bridgehead atoms. The highest BCUT2D eigenvalue weighted by Crippen LogP contribution is 2.22. The highest BCUT2D eigenvalue weighted by Gasteiger charge is 2.19. The van der Waals surface area contributed by atoms with Crippen molar-refractivity contribution < 1.29 is 16.8 Å². The van der Waals surface area contributed by atoms with E-state index in [1.807, 2.05) is 5.29 Å². The van der Waals surface area contributed by atoms with Crippen LogP contribution in [0.1, 0.15) is 0 Å². The lowest BCUT2D eigenvalue weighted by Crippen LogP contribution is -2.16. The largest absolute Gasteiger partial charge is 0.279 e. The van der Waals surface area contributed by atoms with Crippen molar-refractivity contribution in [3.05, 3.63) is 16.4 Å². The van der Waals surface area contributed by atoms with E-state index in [-0.39, 0.29) is 9.10 Å². The molecular formula is C4H5N3O5S3. The van der Waals surface area contributed by atoms with Crippen LogP contribution in [0.5, 0.6) is 0 Å². The minimum Gasteiger partial charge on any atom is -0.224 e. The van der Waals surface area contributed by atoms with Crippen LogP contribution < -0.4 is 9.97 Å². The number of nitrogens with two attached hydrogens (primary N) is 1. The molecule has 0 aliphatic rings. The van der Waals surface area contributed by atoms with Crippen molar-refractivity contribution in [3.8, 4) is 0 Å². The lowest BCUT2D eigenvalue weighted by atomic mass is 10.7. The number of nitrogens with one attached hydrogen (secondary N) is 1. The quantitative estimate of drug-likeness (QED) is 0.554. The Bertz CT molecular complexity index is 570. The first-order valence-corrected chi connectivity index (χ1v) is 7.14. The molecule has 8 nitrogen and oxygen atoms in total. The van der Waals surface area contributed by atoms with Gasteiger partial charge in [0.1, 0.15) is 9.10 Å². The van der Waals surface area contributed by atoms with E-state index < -0.39 is 20.0 Å². The van der Waals surface area contributed by atoms with Crippen molar-refractivity contribution >= 4 is 31.4 Å². The third-order valence-electron chi connectivity index (χ3n) is 1.30. The monoisotopic (exact) mass is 271 g/mol. The van der Waals surface area contributed by atoms with E-state index >= 15 is 0 Å². The van der Waals surface area contributed by atoms with Crippen molar-refractivity contribution in [1.29, 1.82) is 0 Å². The highest BCUT2D eigenvalue weighted by atomic mass is 32.2. The molecule has 0 spiro atoms. The maximum absolute atomic E-state index is 11.1. The number of primary sulfonamides is 1. The molecule has 0 saturated carbocycles. The van der Waals surface area contributed by atoms with Crippen LogP contribution in [0, 0.1) is 4.91 Å². The molecule has 15 heavy (non-hydrogen) atoms. The normalized spacial score (nSPS) is 12.3. The summed E-state index contributed by atoms with van der Waals surface area (Å²) in [5.41, 5.74) is 0. The van der Waals surface area contributed by atoms with Gasteiger partial charge in [0.15, 0.2) is 0 Å². The average molecular weight is 271 g/mol. The van der Waals surface area contributed by atoms with Crippen LogP contribution in [0.2, 0.25) is 0 Å². The van der Waals surface area contributed by atoms with Gasteiger partial charge in [0.25, 0.3) is 10.0 Å². The molecule has 0 saturated heterocycles. The molecule has 0 aromatic carbocycles. The van der Waals surface area contributed by atoms with E-state index in [1.54, 1.807) is 0 Å². The summed E-state index contributed by atoms with van der Waals surface area (Å²) in [5.74, 6) is 0. The van der Waals surface area contributed by atoms with Gasteiger partial charge in [-0.25, -0.2) is 13.6 Å². The summed E-state index contributed by atoms with van der Waals surface area (Å²) in [6, 6.07) is 0.841. The Morgan fingerprint density at radius 2 is 1.93 bits per heavy atom. The second-order valence-corrected chi connectivity index (χ2v) is 6.69. The van der Waals surface area contributed by atoms with Crippen molar-refractivity contribution in [1.82, 2.24) is 4.83 Å². The molecule has 1 rings (SSSR count). The molecular weight excluding hydrogens is 266 g/mol. The van der Waals surface area contributed by atoms with Gasteiger partial charge in [-0.15, -0.1) is 16.2 Å². The molecule has 0 amide bonds. The molecule has 11 heteroatoms. The third kappa shape index (κ3) is 2.71. The lowest BCUT2D eigenvalue weighted by molar-refractivity contribution is 0.584. The number of hydrogen-bond acceptors (Lipinski definition) is 7. The summed E-state index contributed by atoms with van der Waals surface area (Å²) < 4.78 is 43.6. The highest BCUT2D eigenvalue weighted by molar-refractivity contribution is 7.92. The van der Waals surface area contributed by atoms with Gasteiger partial charge in [0, 0.05) is 5.38 Å². The molecule has 0 unspecified atom stereocenters. The van der Waals surface area contributed by atoms with E-state index in [0.717, 1.165) is 11.4 Å². The van der Waals surface area contributed by atoms with Gasteiger partial charge in [-0.05, 0) is 6.07 Å². The first-order valence-electron chi connectivity index (χ1n) is 3.23. The number of sulfonamides is 2. The minimum absolute atomic E-state index is 0.311. The van der Waals surface area contributed by atoms with Gasteiger partial charge >= 0.3 is 0 Å². The zero-order valence-electron chi connectivity index (χ0n) is 6.95. The summed E-state index contributed by atoms with van der Waals surface area (Å²) >= 11 is 0.633. The van der Waals surface area contributed by atoms with Crippen molar-refractivity contribution in [2.75, 3.05) is 0 Å². The molecule has 1 aromatic heterocycles. The number of thiophene rings is 1. The van der Waals surface area contributed by atoms with Crippen LogP contribution in [0.15, 0.2) is 25.8 Å². The van der Waals surface area contributed by atoms with E-state index in [1.165, 1.54) is 4.83 Å². The zero-order valence-corrected chi connectivity index (χ0v) is 9.39. The molecule has 0 radical (unpaired) electrons. The maximum Gasteiger partial charge on any atom is 0.279 e. The Morgan fingerprint density at radius 1 is 1.33 bits per heavy atom. The van der Waals surface area contributed by atoms with E-state index in [4.69, 9.17) is 5.14 Å². The van der Waals surface area contributed by atoms with Crippen LogP contribution in [0.3, 0.4) is 0 Å². The van der Waals surface area contributed by atoms with Crippen molar-refractivity contribution in [2.24, 2.45) is 10.4 Å². The van der Waals surface area contributed by atoms with Crippen molar-refractivity contribution in [2.45, 2.75) is 9.10 Å². The average Bonchev–Trinajstić information content (AvgIpc) is 2.50. The van der Waals surface area contributed by atoms with Crippen LogP contribution in [0.4, 0.5) is 0 Å². The standard InChI is InChI=1S/C4H5N3O5S3/c5-14(9,10)4-1-3(2-13-4)15(11,12)7-6-8/h1-2H,(H,7,8)(H2,5,9,10). The Balaban J connectivity index is 3.21. The number of rotatable bonds is 4. The molecule has 0 aliphatic carbocycles. The fourth-order valence-corrected chi connectivity index (χ4v) is 3.44. The molecule has 1 heterocycles. The zero-order chi connectivity index (χ0) is 11.7. The van der Waals surface area contributed by atoms with Gasteiger partial charge in [-0.1, -0.05) is 0 Å². The number of nitroso groups, excluding NO2 is 1. The molecule has 84 valence electrons. The predicted molar refractivity (Wildman–Crippen MR) is 51.8 cm³/mol. The number of nitrogens with zero attached hydrogens (tertiary/aromatic N) is 1. The number of hydrogen-bond donors (Lipinski definition) is 2. The van der Waals surface area contributed by atoms with Crippen molar-refractivity contribution in [3.63, 3.8) is 0 Å². The van der Waals surface area contributed by atoms with Gasteiger partial charge in [-0.3, -0.25) is 0 Å². The maximum atomic E-state index is 11.1. The van der Waals surface area contributed by atoms with Crippen LogP contribution >= 0.6 is 11.3 Å². The summed E-state index contributed by atoms with van der Waals surface area (Å²) in [7, 11) is -8.03. The summed E-state index contributed by atoms with van der Waals surface area (Å²) in [6.45, 7) is 0. The second-order valence-electron chi connectivity index (χ2n) is 2.33. The first kappa shape index (κ1) is 12.0. The van der Waals surface area contributed by atoms with Gasteiger partial charge in [0.05, 0.1) is 5.29 Å². The smallest absolute Gasteiger partial charge is 0.224 e. The lowest BCUT2D eigenvalue weighted by Gasteiger charge is -1.95. The van der Waals surface area contributed by atoms with E-state index in [9.17, 15) is 21.7 Å². The van der Waals surface area contributed by atoms with Gasteiger partial charge < -0.3 is 0 Å². The fourth-order valence-electron chi connectivity index (χ4n) is 0.692. The SMILES string of the molecule is NS(=O)(=O)c1cc(S(=O)(=O)NN=O)cs1. The second kappa shape index (κ2) is 3.84. The molecule has 1 aromatic rings. The summed E-state index contributed by atoms with van der Waals surface area (Å²) in [5, 5.41) is 7.80. The fraction of sp³-hybridized carbons (Fsp3) is 0. The Morgan fingerprint density at radius 3 is 2.33 bits per heavy atom. The minimum atomic E-state index is -4.09. The summed E-state index contributed by atoms with van der Waals surface area (Å²) in [6.07, 6.45) is 0. The van der Waals surface area contributed by atoms with E-state index in [2.05, 4.69) is 0 Å². The third-order valence-corrected chi connectivity index (χ3v) is 5.01. The predicted octanol–water partition coefficient (Wildman–Crippen LogP) is -0.645. The van der Waals surface area contributed by atoms with Crippen LogP contribution in [-0.2, 0) is 20.0 Å². The molecule has 0 fully saturated rings. The summed E-state index contributed by atoms with van der Waals surface area (Å²) in [4.78, 5) is 10.7. The molecule has 0 atom stereocenters. The Labute approximate surface area is 89.1 Å².